The fourth-order valence-corrected chi connectivity index (χ4v) is 3.81. The lowest BCUT2D eigenvalue weighted by atomic mass is 10.2. The second-order valence-electron chi connectivity index (χ2n) is 7.59. The summed E-state index contributed by atoms with van der Waals surface area (Å²) in [6, 6.07) is 15.2. The van der Waals surface area contributed by atoms with E-state index in [0.717, 1.165) is 42.9 Å². The van der Waals surface area contributed by atoms with E-state index in [9.17, 15) is 9.59 Å². The number of fused-ring (bicyclic) bond motifs is 1. The lowest BCUT2D eigenvalue weighted by Crippen LogP contribution is -2.37. The van der Waals surface area contributed by atoms with Crippen molar-refractivity contribution >= 4 is 45.7 Å². The van der Waals surface area contributed by atoms with Crippen LogP contribution in [-0.2, 0) is 20.9 Å². The van der Waals surface area contributed by atoms with Crippen molar-refractivity contribution in [1.29, 1.82) is 0 Å². The first-order chi connectivity index (χ1) is 15.0. The molecule has 2 amide bonds. The fourth-order valence-electron chi connectivity index (χ4n) is 3.64. The summed E-state index contributed by atoms with van der Waals surface area (Å²) in [5.74, 6) is -0.398. The Labute approximate surface area is 186 Å². The maximum absolute atomic E-state index is 12.6. The molecule has 162 valence electrons. The third kappa shape index (κ3) is 5.18. The van der Waals surface area contributed by atoms with Crippen molar-refractivity contribution in [3.63, 3.8) is 0 Å². The van der Waals surface area contributed by atoms with Gasteiger partial charge in [0.25, 0.3) is 0 Å². The Balaban J connectivity index is 1.31. The van der Waals surface area contributed by atoms with E-state index >= 15 is 0 Å². The molecule has 0 atom stereocenters. The molecule has 1 aliphatic rings. The smallest absolute Gasteiger partial charge is 0.243 e. The number of likely N-dealkylation sites (N-methyl/N-ethyl adjacent to an activating group) is 1. The molecule has 1 aromatic heterocycles. The molecule has 0 aliphatic carbocycles. The van der Waals surface area contributed by atoms with Crippen LogP contribution in [0.15, 0.2) is 54.7 Å². The standard InChI is InChI=1S/C23H25ClN4O3/c1-26(23(30)16-28-9-8-17-2-3-18(24)14-21(17)28)15-22(29)25-19-4-6-20(7-5-19)27-10-12-31-13-11-27/h2-9,14H,10-13,15-16H2,1H3,(H,25,29). The van der Waals surface area contributed by atoms with Crippen LogP contribution in [0, 0.1) is 0 Å². The fraction of sp³-hybridized carbons (Fsp3) is 0.304. The van der Waals surface area contributed by atoms with Gasteiger partial charge in [-0.15, -0.1) is 0 Å². The first-order valence-corrected chi connectivity index (χ1v) is 10.6. The Hall–Kier alpha value is -3.03. The first kappa shape index (κ1) is 21.2. The number of hydrogen-bond acceptors (Lipinski definition) is 4. The van der Waals surface area contributed by atoms with Crippen LogP contribution in [0.2, 0.25) is 5.02 Å². The van der Waals surface area contributed by atoms with E-state index in [4.69, 9.17) is 16.3 Å². The van der Waals surface area contributed by atoms with E-state index in [1.165, 1.54) is 4.90 Å². The number of halogens is 1. The van der Waals surface area contributed by atoms with Crippen molar-refractivity contribution in [3.05, 3.63) is 59.8 Å². The highest BCUT2D eigenvalue weighted by molar-refractivity contribution is 6.31. The Kier molecular flexibility index (Phi) is 6.44. The van der Waals surface area contributed by atoms with Gasteiger partial charge in [0.05, 0.1) is 19.8 Å². The molecule has 0 saturated carbocycles. The summed E-state index contributed by atoms with van der Waals surface area (Å²) in [5, 5.41) is 4.48. The molecule has 3 aromatic rings. The van der Waals surface area contributed by atoms with E-state index in [-0.39, 0.29) is 24.9 Å². The van der Waals surface area contributed by atoms with Crippen molar-refractivity contribution < 1.29 is 14.3 Å². The van der Waals surface area contributed by atoms with Gasteiger partial charge in [0, 0.05) is 48.2 Å². The Morgan fingerprint density at radius 2 is 1.84 bits per heavy atom. The predicted octanol–water partition coefficient (Wildman–Crippen LogP) is 3.23. The van der Waals surface area contributed by atoms with Crippen LogP contribution in [0.3, 0.4) is 0 Å². The van der Waals surface area contributed by atoms with Crippen molar-refractivity contribution in [1.82, 2.24) is 9.47 Å². The quantitative estimate of drug-likeness (QED) is 0.639. The van der Waals surface area contributed by atoms with E-state index in [2.05, 4.69) is 10.2 Å². The van der Waals surface area contributed by atoms with Gasteiger partial charge in [0.2, 0.25) is 11.8 Å². The zero-order chi connectivity index (χ0) is 21.8. The summed E-state index contributed by atoms with van der Waals surface area (Å²) in [5.41, 5.74) is 2.70. The van der Waals surface area contributed by atoms with Crippen LogP contribution in [0.1, 0.15) is 0 Å². The summed E-state index contributed by atoms with van der Waals surface area (Å²) in [6.07, 6.45) is 1.85. The number of rotatable bonds is 6. The number of aromatic nitrogens is 1. The first-order valence-electron chi connectivity index (χ1n) is 10.2. The van der Waals surface area contributed by atoms with Crippen LogP contribution in [0.4, 0.5) is 11.4 Å². The maximum atomic E-state index is 12.6. The van der Waals surface area contributed by atoms with Crippen molar-refractivity contribution in [3.8, 4) is 0 Å². The Bertz CT molecular complexity index is 1070. The summed E-state index contributed by atoms with van der Waals surface area (Å²) in [7, 11) is 1.63. The molecule has 1 N–H and O–H groups in total. The second-order valence-corrected chi connectivity index (χ2v) is 8.03. The number of morpholine rings is 1. The van der Waals surface area contributed by atoms with Gasteiger partial charge in [-0.05, 0) is 47.9 Å². The van der Waals surface area contributed by atoms with Crippen LogP contribution < -0.4 is 10.2 Å². The number of hydrogen-bond donors (Lipinski definition) is 1. The van der Waals surface area contributed by atoms with E-state index < -0.39 is 0 Å². The molecule has 0 radical (unpaired) electrons. The summed E-state index contributed by atoms with van der Waals surface area (Å²) >= 11 is 6.08. The predicted molar refractivity (Wildman–Crippen MR) is 123 cm³/mol. The lowest BCUT2D eigenvalue weighted by Gasteiger charge is -2.28. The lowest BCUT2D eigenvalue weighted by molar-refractivity contribution is -0.133. The van der Waals surface area contributed by atoms with Crippen molar-refractivity contribution in [2.24, 2.45) is 0 Å². The van der Waals surface area contributed by atoms with E-state index in [0.29, 0.717) is 10.7 Å². The Morgan fingerprint density at radius 3 is 2.58 bits per heavy atom. The third-order valence-electron chi connectivity index (χ3n) is 5.38. The van der Waals surface area contributed by atoms with Crippen LogP contribution in [0.25, 0.3) is 10.9 Å². The minimum atomic E-state index is -0.240. The second kappa shape index (κ2) is 9.41. The maximum Gasteiger partial charge on any atom is 0.243 e. The number of nitrogens with zero attached hydrogens (tertiary/aromatic N) is 3. The molecule has 2 heterocycles. The van der Waals surface area contributed by atoms with E-state index in [1.54, 1.807) is 7.05 Å². The number of nitrogens with one attached hydrogen (secondary N) is 1. The van der Waals surface area contributed by atoms with Crippen LogP contribution in [0.5, 0.6) is 0 Å². The van der Waals surface area contributed by atoms with Crippen molar-refractivity contribution in [2.75, 3.05) is 50.1 Å². The highest BCUT2D eigenvalue weighted by atomic mass is 35.5. The highest BCUT2D eigenvalue weighted by Crippen LogP contribution is 2.21. The molecule has 4 rings (SSSR count). The third-order valence-corrected chi connectivity index (χ3v) is 5.61. The molecule has 0 spiro atoms. The summed E-state index contributed by atoms with van der Waals surface area (Å²) in [6.45, 7) is 3.30. The molecule has 7 nitrogen and oxygen atoms in total. The number of amides is 2. The zero-order valence-corrected chi connectivity index (χ0v) is 18.1. The largest absolute Gasteiger partial charge is 0.378 e. The summed E-state index contributed by atoms with van der Waals surface area (Å²) < 4.78 is 7.21. The average Bonchev–Trinajstić information content (AvgIpc) is 3.16. The number of benzene rings is 2. The summed E-state index contributed by atoms with van der Waals surface area (Å²) in [4.78, 5) is 28.7. The number of ether oxygens (including phenoxy) is 1. The molecule has 1 saturated heterocycles. The minimum absolute atomic E-state index is 0.0238. The minimum Gasteiger partial charge on any atom is -0.378 e. The number of carbonyl (C=O) groups excluding carboxylic acids is 2. The number of carbonyl (C=O) groups is 2. The monoisotopic (exact) mass is 440 g/mol. The molecule has 1 aliphatic heterocycles. The highest BCUT2D eigenvalue weighted by Gasteiger charge is 2.15. The molecule has 8 heteroatoms. The average molecular weight is 441 g/mol. The van der Waals surface area contributed by atoms with E-state index in [1.807, 2.05) is 59.3 Å². The van der Waals surface area contributed by atoms with Gasteiger partial charge < -0.3 is 24.4 Å². The topological polar surface area (TPSA) is 66.8 Å². The molecule has 31 heavy (non-hydrogen) atoms. The normalized spacial score (nSPS) is 13.9. The molecule has 0 bridgehead atoms. The number of anilines is 2. The van der Waals surface area contributed by atoms with Gasteiger partial charge in [-0.2, -0.15) is 0 Å². The molecular weight excluding hydrogens is 416 g/mol. The van der Waals surface area contributed by atoms with Gasteiger partial charge in [-0.3, -0.25) is 9.59 Å². The zero-order valence-electron chi connectivity index (χ0n) is 17.4. The Morgan fingerprint density at radius 1 is 1.10 bits per heavy atom. The van der Waals surface area contributed by atoms with Gasteiger partial charge in [0.15, 0.2) is 0 Å². The molecular formula is C23H25ClN4O3. The van der Waals surface area contributed by atoms with Crippen molar-refractivity contribution in [2.45, 2.75) is 6.54 Å². The van der Waals surface area contributed by atoms with Gasteiger partial charge >= 0.3 is 0 Å². The van der Waals surface area contributed by atoms with Crippen LogP contribution >= 0.6 is 11.6 Å². The SMILES string of the molecule is CN(CC(=O)Nc1ccc(N2CCOCC2)cc1)C(=O)Cn1ccc2ccc(Cl)cc21. The molecule has 1 fully saturated rings. The van der Waals surface area contributed by atoms with Gasteiger partial charge in [-0.1, -0.05) is 17.7 Å². The van der Waals surface area contributed by atoms with Gasteiger partial charge in [0.1, 0.15) is 6.54 Å². The molecule has 2 aromatic carbocycles. The molecule has 0 unspecified atom stereocenters. The van der Waals surface area contributed by atoms with Gasteiger partial charge in [-0.25, -0.2) is 0 Å². The van der Waals surface area contributed by atoms with Crippen LogP contribution in [-0.4, -0.2) is 61.2 Å².